The maximum absolute atomic E-state index is 17.4. The van der Waals surface area contributed by atoms with Gasteiger partial charge in [-0.15, -0.1) is 11.6 Å². The number of aliphatic hydroxyl groups excluding tert-OH is 3. The number of carboxylic acid groups (broad SMARTS) is 2. The van der Waals surface area contributed by atoms with E-state index in [1.165, 1.54) is 31.2 Å². The van der Waals surface area contributed by atoms with Crippen molar-refractivity contribution in [3.8, 4) is 0 Å². The number of Topliss-reactive ketones (excluding diaryl/α,β-unsaturated/α-hetero) is 4. The molecule has 1 heterocycles. The summed E-state index contributed by atoms with van der Waals surface area (Å²) in [5, 5.41) is 59.1. The minimum absolute atomic E-state index is 0.00912. The van der Waals surface area contributed by atoms with Crippen LogP contribution in [0.2, 0.25) is 0 Å². The van der Waals surface area contributed by atoms with E-state index in [-0.39, 0.29) is 96.1 Å². The van der Waals surface area contributed by atoms with E-state index in [0.29, 0.717) is 81.8 Å². The number of esters is 2. The summed E-state index contributed by atoms with van der Waals surface area (Å²) in [6.07, 6.45) is 20.5. The molecule has 0 aromatic carbocycles. The SMILES string of the molecule is CC(=O)OCC(=O)[C@@]12OC3(CCCC3)O[C@@H]1C[C@H]1[C@@H]3CCC4=CC(=O)C=C[C@]4(C)[C@@]3(F)[C@@H](O)C[C@@]12C.CCCC(=O)O[C@]1(C(=O)CCl)[C@@H](C)C[C@H]2[C@@H]3CCC4=CC(=O)C=C[C@]4(C)[C@@]3(F)C(=O)C[C@@]21C.C[C@]12C=CC(=O)C=C1CC[C@@H]1[C@@H]2[C@@H](O)C[C@@]2(C)[C@H]1CC[C@]2(O)C(=O)CO.O=C(O)CCC(=O)O. The highest BCUT2D eigenvalue weighted by Crippen LogP contribution is 2.75. The molecule has 14 aliphatic rings. The fourth-order valence-electron chi connectivity index (χ4n) is 23.8. The Kier molecular flexibility index (Phi) is 20.7. The molecule has 103 heavy (non-hydrogen) atoms. The standard InChI is InChI=1S/C28H35FO7.C26H32ClFO5.C21H28O5.C4H6O4/c1-16(30)34-15-22(33)28-23(35-26(36-28)9-4-5-10-26)13-20-19-7-6-17-12-18(31)8-11-24(17,2)27(19,29)21(32)14-25(20,28)3;1-5-6-22(32)33-26(21(31)14-27)15(2)11-19-18-8-7-16-12-17(29)9-10-23(16,3)25(18,28)20(30)13-24(19,26)4;1-19-7-5-13(23)9-12(19)3-4-14-15-6-8-21(26,17(25)11-22)20(15,2)10-16(24)18(14)19;5-3(6)1-2-4(7)8/h8,11-12,19-21,23,32H,4-7,9-10,13-15H2,1-3H3;9-10,12,15,18-19H,5-8,11,13-14H2,1-4H3;5,7,9,14-16,18,22,24,26H,3-4,6,8,10-11H2,1-2H3;1-2H2,(H,5,6)(H,7,8)/t19-,20-,21-,23+,24-,25-,27-,28+;15-,18-,19-,23-,24-,25-,26-;14-,15-,16-,18+,19-,20-,21-;/m000./s1. The number of ether oxygens (including phenoxy) is 4. The third-order valence-electron chi connectivity index (χ3n) is 28.7. The van der Waals surface area contributed by atoms with Gasteiger partial charge in [0, 0.05) is 88.8 Å². The molecule has 0 aromatic heterocycles. The fraction of sp³-hybridized carbons (Fsp3) is 0.709. The molecule has 10 saturated carbocycles. The number of fused-ring (bicyclic) bond motifs is 17. The van der Waals surface area contributed by atoms with E-state index in [1.807, 2.05) is 33.8 Å². The summed E-state index contributed by atoms with van der Waals surface area (Å²) in [5.74, 6) is -8.62. The number of hydrogen-bond donors (Lipinski definition) is 6. The van der Waals surface area contributed by atoms with Crippen LogP contribution in [-0.4, -0.2) is 166 Å². The van der Waals surface area contributed by atoms with Crippen molar-refractivity contribution in [2.45, 2.75) is 249 Å². The van der Waals surface area contributed by atoms with Crippen LogP contribution in [0.1, 0.15) is 197 Å². The normalized spacial score (nSPS) is 44.2. The zero-order valence-electron chi connectivity index (χ0n) is 60.5. The molecule has 0 aromatic rings. The van der Waals surface area contributed by atoms with Crippen LogP contribution in [0.25, 0.3) is 0 Å². The molecule has 21 nitrogen and oxygen atoms in total. The van der Waals surface area contributed by atoms with Crippen LogP contribution < -0.4 is 0 Å². The summed E-state index contributed by atoms with van der Waals surface area (Å²) in [6.45, 7) is 15.0. The summed E-state index contributed by atoms with van der Waals surface area (Å²) in [5.41, 5.74) is -11.6. The highest BCUT2D eigenvalue weighted by Gasteiger charge is 2.82. The van der Waals surface area contributed by atoms with Crippen molar-refractivity contribution >= 4 is 76.0 Å². The van der Waals surface area contributed by atoms with E-state index in [1.54, 1.807) is 45.1 Å². The van der Waals surface area contributed by atoms with Gasteiger partial charge in [0.05, 0.1) is 37.0 Å². The van der Waals surface area contributed by atoms with Gasteiger partial charge in [0.15, 0.2) is 69.6 Å². The monoisotopic (exact) mass is 1460 g/mol. The van der Waals surface area contributed by atoms with E-state index in [4.69, 9.17) is 40.8 Å². The number of ketones is 7. The summed E-state index contributed by atoms with van der Waals surface area (Å²) in [7, 11) is 0. The van der Waals surface area contributed by atoms with Crippen molar-refractivity contribution < 1.29 is 111 Å². The minimum Gasteiger partial charge on any atom is -0.481 e. The van der Waals surface area contributed by atoms with Crippen molar-refractivity contribution in [2.24, 2.45) is 79.8 Å². The fourth-order valence-corrected chi connectivity index (χ4v) is 24.0. The number of alkyl halides is 3. The second-order valence-electron chi connectivity index (χ2n) is 33.5. The maximum Gasteiger partial charge on any atom is 0.306 e. The molecule has 0 bridgehead atoms. The lowest BCUT2D eigenvalue weighted by atomic mass is 9.44. The first-order valence-electron chi connectivity index (χ1n) is 36.9. The highest BCUT2D eigenvalue weighted by molar-refractivity contribution is 6.29. The maximum atomic E-state index is 17.4. The van der Waals surface area contributed by atoms with Gasteiger partial charge in [-0.1, -0.05) is 76.5 Å². The van der Waals surface area contributed by atoms with Gasteiger partial charge in [0.25, 0.3) is 0 Å². The Morgan fingerprint density at radius 1 is 0.660 bits per heavy atom. The number of carbonyl (C=O) groups is 11. The van der Waals surface area contributed by atoms with Crippen LogP contribution in [0.3, 0.4) is 0 Å². The molecule has 11 fully saturated rings. The predicted octanol–water partition coefficient (Wildman–Crippen LogP) is 9.72. The number of hydrogen-bond acceptors (Lipinski definition) is 19. The first kappa shape index (κ1) is 78.0. The second-order valence-corrected chi connectivity index (χ2v) is 33.8. The van der Waals surface area contributed by atoms with Gasteiger partial charge in [0.1, 0.15) is 12.2 Å². The lowest BCUT2D eigenvalue weighted by Crippen LogP contribution is -2.70. The average molecular weight is 1460 g/mol. The zero-order valence-corrected chi connectivity index (χ0v) is 61.2. The Balaban J connectivity index is 0.000000148. The Morgan fingerprint density at radius 2 is 1.22 bits per heavy atom. The van der Waals surface area contributed by atoms with Crippen LogP contribution >= 0.6 is 11.6 Å². The molecule has 1 spiro atoms. The Hall–Kier alpha value is -6.08. The number of aliphatic hydroxyl groups is 4. The summed E-state index contributed by atoms with van der Waals surface area (Å²) in [6, 6.07) is 0. The summed E-state index contributed by atoms with van der Waals surface area (Å²) in [4.78, 5) is 133. The molecule has 13 aliphatic carbocycles. The number of aliphatic carboxylic acids is 2. The Labute approximate surface area is 604 Å². The van der Waals surface area contributed by atoms with Crippen molar-refractivity contribution in [3.63, 3.8) is 0 Å². The van der Waals surface area contributed by atoms with E-state index in [9.17, 15) is 73.2 Å². The quantitative estimate of drug-likeness (QED) is 0.0737. The number of allylic oxidation sites excluding steroid dienone is 12. The molecule has 0 unspecified atom stereocenters. The van der Waals surface area contributed by atoms with Crippen LogP contribution in [-0.2, 0) is 71.7 Å². The van der Waals surface area contributed by atoms with Gasteiger partial charge in [-0.3, -0.25) is 52.7 Å². The molecule has 1 aliphatic heterocycles. The number of carboxylic acids is 2. The van der Waals surface area contributed by atoms with Crippen molar-refractivity contribution in [1.29, 1.82) is 0 Å². The summed E-state index contributed by atoms with van der Waals surface area (Å²) >= 11 is 6.02. The van der Waals surface area contributed by atoms with Gasteiger partial charge < -0.3 is 49.6 Å². The largest absolute Gasteiger partial charge is 0.481 e. The van der Waals surface area contributed by atoms with Crippen LogP contribution in [0.5, 0.6) is 0 Å². The lowest BCUT2D eigenvalue weighted by Gasteiger charge is -2.62. The number of rotatable bonds is 13. The van der Waals surface area contributed by atoms with E-state index in [0.717, 1.165) is 37.7 Å². The number of carbonyl (C=O) groups excluding carboxylic acids is 9. The van der Waals surface area contributed by atoms with Crippen molar-refractivity contribution in [2.75, 3.05) is 19.1 Å². The van der Waals surface area contributed by atoms with Gasteiger partial charge in [-0.25, -0.2) is 8.78 Å². The van der Waals surface area contributed by atoms with Gasteiger partial charge in [0.2, 0.25) is 5.78 Å². The minimum atomic E-state index is -2.19. The molecule has 6 N–H and O–H groups in total. The average Bonchev–Trinajstić information content (AvgIpc) is 1.56. The molecule has 14 rings (SSSR count). The van der Waals surface area contributed by atoms with Crippen molar-refractivity contribution in [1.82, 2.24) is 0 Å². The number of halogens is 3. The van der Waals surface area contributed by atoms with Gasteiger partial charge in [-0.05, 0) is 170 Å². The predicted molar refractivity (Wildman–Crippen MR) is 366 cm³/mol. The Morgan fingerprint density at radius 3 is 1.81 bits per heavy atom. The second kappa shape index (κ2) is 27.3. The third kappa shape index (κ3) is 11.5. The van der Waals surface area contributed by atoms with Crippen LogP contribution in [0.15, 0.2) is 71.4 Å². The molecular weight excluding hydrogens is 1360 g/mol. The molecule has 22 atom stereocenters. The molecule has 564 valence electrons. The third-order valence-corrected chi connectivity index (χ3v) is 28.9. The topological polar surface area (TPSA) is 346 Å². The first-order chi connectivity index (χ1) is 48.1. The van der Waals surface area contributed by atoms with Gasteiger partial charge in [-0.2, -0.15) is 0 Å². The van der Waals surface area contributed by atoms with Crippen LogP contribution in [0.4, 0.5) is 8.78 Å². The van der Waals surface area contributed by atoms with Crippen LogP contribution in [0, 0.1) is 79.8 Å². The molecule has 0 amide bonds. The first-order valence-corrected chi connectivity index (χ1v) is 37.4. The smallest absolute Gasteiger partial charge is 0.306 e. The molecule has 24 heteroatoms. The Bertz CT molecular complexity index is 3760. The molecular formula is C79H101ClF2O21. The van der Waals surface area contributed by atoms with Crippen molar-refractivity contribution in [3.05, 3.63) is 71.4 Å². The van der Waals surface area contributed by atoms with E-state index in [2.05, 4.69) is 6.92 Å². The molecule has 1 saturated heterocycles. The van der Waals surface area contributed by atoms with Gasteiger partial charge >= 0.3 is 23.9 Å². The van der Waals surface area contributed by atoms with E-state index >= 15 is 8.78 Å². The lowest BCUT2D eigenvalue weighted by molar-refractivity contribution is -0.253. The highest BCUT2D eigenvalue weighted by atomic mass is 35.5. The molecule has 0 radical (unpaired) electrons. The summed E-state index contributed by atoms with van der Waals surface area (Å²) < 4.78 is 59.0. The van der Waals surface area contributed by atoms with E-state index < -0.39 is 152 Å². The zero-order chi connectivity index (χ0) is 75.6.